The molecule has 0 atom stereocenters. The number of hydrogen-bond acceptors (Lipinski definition) is 4. The second kappa shape index (κ2) is 7.03. The van der Waals surface area contributed by atoms with Gasteiger partial charge in [0.05, 0.1) is 5.69 Å². The van der Waals surface area contributed by atoms with E-state index in [2.05, 4.69) is 10.3 Å². The Labute approximate surface area is 162 Å². The number of aromatic nitrogens is 4. The summed E-state index contributed by atoms with van der Waals surface area (Å²) in [5, 5.41) is 8.32. The lowest BCUT2D eigenvalue weighted by Gasteiger charge is -2.20. The van der Waals surface area contributed by atoms with Crippen LogP contribution in [0.5, 0.6) is 0 Å². The zero-order chi connectivity index (χ0) is 18.9. The zero-order valence-corrected chi connectivity index (χ0v) is 15.4. The van der Waals surface area contributed by atoms with Crippen molar-refractivity contribution in [2.24, 2.45) is 0 Å². The smallest absolute Gasteiger partial charge is 0.158 e. The molecule has 0 unspecified atom stereocenters. The first-order valence-electron chi connectivity index (χ1n) is 9.58. The molecule has 0 amide bonds. The molecule has 3 heterocycles. The van der Waals surface area contributed by atoms with E-state index in [1.807, 2.05) is 28.8 Å². The Hall–Kier alpha value is -3.28. The van der Waals surface area contributed by atoms with E-state index in [-0.39, 0.29) is 5.82 Å². The fourth-order valence-corrected chi connectivity index (χ4v) is 3.81. The average Bonchev–Trinajstić information content (AvgIpc) is 3.16. The summed E-state index contributed by atoms with van der Waals surface area (Å²) in [6.45, 7) is 0.684. The minimum absolute atomic E-state index is 0.266. The van der Waals surface area contributed by atoms with Crippen LogP contribution in [0.1, 0.15) is 29.7 Å². The first-order valence-corrected chi connectivity index (χ1v) is 9.58. The minimum Gasteiger partial charge on any atom is -0.366 e. The molecule has 0 bridgehead atoms. The van der Waals surface area contributed by atoms with E-state index in [0.717, 1.165) is 59.7 Å². The first kappa shape index (κ1) is 16.9. The van der Waals surface area contributed by atoms with Gasteiger partial charge in [-0.3, -0.25) is 4.98 Å². The van der Waals surface area contributed by atoms with Crippen molar-refractivity contribution in [1.29, 1.82) is 0 Å². The fraction of sp³-hybridized carbons (Fsp3) is 0.227. The molecular weight excluding hydrogens is 353 g/mol. The quantitative estimate of drug-likeness (QED) is 0.575. The van der Waals surface area contributed by atoms with Crippen molar-refractivity contribution < 1.29 is 4.39 Å². The van der Waals surface area contributed by atoms with Crippen molar-refractivity contribution in [1.82, 2.24) is 19.6 Å². The summed E-state index contributed by atoms with van der Waals surface area (Å²) in [6, 6.07) is 12.5. The molecule has 1 aliphatic rings. The Morgan fingerprint density at radius 3 is 2.75 bits per heavy atom. The number of halogens is 1. The monoisotopic (exact) mass is 373 g/mol. The lowest BCUT2D eigenvalue weighted by atomic mass is 9.96. The standard InChI is InChI=1S/C22H20FN5/c23-17-5-3-4-16(12-17)20-13-21-26-19-7-2-1-6-18(19)22(28(21)27-20)25-14-15-8-10-24-11-9-15/h3-5,8-13,25H,1-2,6-7,14H2. The van der Waals surface area contributed by atoms with Crippen LogP contribution in [0, 0.1) is 5.82 Å². The number of nitrogens with one attached hydrogen (secondary N) is 1. The van der Waals surface area contributed by atoms with Crippen LogP contribution < -0.4 is 5.32 Å². The molecule has 0 fully saturated rings. The summed E-state index contributed by atoms with van der Waals surface area (Å²) in [4.78, 5) is 8.94. The molecular formula is C22H20FN5. The first-order chi connectivity index (χ1) is 13.8. The molecule has 1 N–H and O–H groups in total. The predicted molar refractivity (Wildman–Crippen MR) is 107 cm³/mol. The Balaban J connectivity index is 1.61. The highest BCUT2D eigenvalue weighted by atomic mass is 19.1. The van der Waals surface area contributed by atoms with Crippen LogP contribution >= 0.6 is 0 Å². The summed E-state index contributed by atoms with van der Waals surface area (Å²) in [7, 11) is 0. The Bertz CT molecular complexity index is 1140. The molecule has 28 heavy (non-hydrogen) atoms. The summed E-state index contributed by atoms with van der Waals surface area (Å²) >= 11 is 0. The Morgan fingerprint density at radius 1 is 1.04 bits per heavy atom. The summed E-state index contributed by atoms with van der Waals surface area (Å²) < 4.78 is 15.5. The molecule has 4 aromatic rings. The van der Waals surface area contributed by atoms with Gasteiger partial charge in [-0.25, -0.2) is 9.37 Å². The SMILES string of the molecule is Fc1cccc(-c2cc3nc4c(c(NCc5ccncc5)n3n2)CCCC4)c1. The Kier molecular flexibility index (Phi) is 4.24. The van der Waals surface area contributed by atoms with Gasteiger partial charge >= 0.3 is 0 Å². The van der Waals surface area contributed by atoms with Crippen molar-refractivity contribution in [3.63, 3.8) is 0 Å². The van der Waals surface area contributed by atoms with E-state index in [1.54, 1.807) is 18.5 Å². The van der Waals surface area contributed by atoms with Gasteiger partial charge in [0.15, 0.2) is 5.65 Å². The van der Waals surface area contributed by atoms with Crippen LogP contribution in [-0.4, -0.2) is 19.6 Å². The molecule has 0 saturated heterocycles. The number of fused-ring (bicyclic) bond motifs is 2. The number of anilines is 1. The number of hydrogen-bond donors (Lipinski definition) is 1. The van der Waals surface area contributed by atoms with Crippen LogP contribution in [0.4, 0.5) is 10.2 Å². The van der Waals surface area contributed by atoms with Gasteiger partial charge in [-0.15, -0.1) is 0 Å². The van der Waals surface area contributed by atoms with E-state index < -0.39 is 0 Å². The van der Waals surface area contributed by atoms with Crippen molar-refractivity contribution in [2.45, 2.75) is 32.2 Å². The van der Waals surface area contributed by atoms with Crippen LogP contribution in [0.15, 0.2) is 54.9 Å². The maximum atomic E-state index is 13.7. The van der Waals surface area contributed by atoms with Gasteiger partial charge < -0.3 is 5.32 Å². The van der Waals surface area contributed by atoms with E-state index >= 15 is 0 Å². The number of aryl methyl sites for hydroxylation is 1. The summed E-state index contributed by atoms with van der Waals surface area (Å²) in [5.74, 6) is 0.719. The largest absolute Gasteiger partial charge is 0.366 e. The highest BCUT2D eigenvalue weighted by Crippen LogP contribution is 2.30. The molecule has 0 saturated carbocycles. The number of nitrogens with zero attached hydrogens (tertiary/aromatic N) is 4. The van der Waals surface area contributed by atoms with Gasteiger partial charge in [-0.1, -0.05) is 12.1 Å². The maximum absolute atomic E-state index is 13.7. The van der Waals surface area contributed by atoms with E-state index in [9.17, 15) is 4.39 Å². The predicted octanol–water partition coefficient (Wildman–Crippen LogP) is 4.42. The fourth-order valence-electron chi connectivity index (χ4n) is 3.81. The topological polar surface area (TPSA) is 55.1 Å². The second-order valence-electron chi connectivity index (χ2n) is 7.11. The molecule has 0 radical (unpaired) electrons. The molecule has 3 aromatic heterocycles. The molecule has 0 aliphatic heterocycles. The van der Waals surface area contributed by atoms with E-state index in [4.69, 9.17) is 10.1 Å². The highest BCUT2D eigenvalue weighted by Gasteiger charge is 2.20. The maximum Gasteiger partial charge on any atom is 0.158 e. The molecule has 0 spiro atoms. The van der Waals surface area contributed by atoms with Crippen molar-refractivity contribution in [2.75, 3.05) is 5.32 Å². The van der Waals surface area contributed by atoms with Crippen molar-refractivity contribution in [3.05, 3.63) is 77.5 Å². The van der Waals surface area contributed by atoms with Gasteiger partial charge in [0.25, 0.3) is 0 Å². The summed E-state index contributed by atoms with van der Waals surface area (Å²) in [6.07, 6.45) is 7.88. The third-order valence-electron chi connectivity index (χ3n) is 5.21. The zero-order valence-electron chi connectivity index (χ0n) is 15.4. The second-order valence-corrected chi connectivity index (χ2v) is 7.11. The Morgan fingerprint density at radius 2 is 1.89 bits per heavy atom. The third-order valence-corrected chi connectivity index (χ3v) is 5.21. The molecule has 1 aromatic carbocycles. The van der Waals surface area contributed by atoms with Gasteiger partial charge in [-0.05, 0) is 55.5 Å². The van der Waals surface area contributed by atoms with Crippen molar-refractivity contribution >= 4 is 11.5 Å². The molecule has 6 heteroatoms. The van der Waals surface area contributed by atoms with Gasteiger partial charge in [-0.2, -0.15) is 9.61 Å². The minimum atomic E-state index is -0.266. The number of rotatable bonds is 4. The number of pyridine rings is 1. The van der Waals surface area contributed by atoms with Gasteiger partial charge in [0.1, 0.15) is 11.6 Å². The van der Waals surface area contributed by atoms with Crippen LogP contribution in [-0.2, 0) is 19.4 Å². The van der Waals surface area contributed by atoms with Crippen LogP contribution in [0.25, 0.3) is 16.9 Å². The highest BCUT2D eigenvalue weighted by molar-refractivity contribution is 5.67. The lowest BCUT2D eigenvalue weighted by molar-refractivity contribution is 0.628. The molecule has 5 nitrogen and oxygen atoms in total. The summed E-state index contributed by atoms with van der Waals surface area (Å²) in [5.41, 5.74) is 5.80. The van der Waals surface area contributed by atoms with E-state index in [0.29, 0.717) is 6.54 Å². The van der Waals surface area contributed by atoms with E-state index in [1.165, 1.54) is 17.7 Å². The lowest BCUT2D eigenvalue weighted by Crippen LogP contribution is -2.15. The molecule has 5 rings (SSSR count). The molecule has 140 valence electrons. The van der Waals surface area contributed by atoms with Gasteiger partial charge in [0, 0.05) is 41.8 Å². The van der Waals surface area contributed by atoms with Crippen LogP contribution in [0.3, 0.4) is 0 Å². The normalized spacial score (nSPS) is 13.5. The van der Waals surface area contributed by atoms with Crippen molar-refractivity contribution in [3.8, 4) is 11.3 Å². The third kappa shape index (κ3) is 3.11. The molecule has 1 aliphatic carbocycles. The average molecular weight is 373 g/mol. The van der Waals surface area contributed by atoms with Gasteiger partial charge in [0.2, 0.25) is 0 Å². The number of benzene rings is 1. The van der Waals surface area contributed by atoms with Crippen LogP contribution in [0.2, 0.25) is 0 Å².